The zero-order chi connectivity index (χ0) is 19.9. The summed E-state index contributed by atoms with van der Waals surface area (Å²) in [4.78, 5) is 23.6. The van der Waals surface area contributed by atoms with E-state index in [9.17, 15) is 4.79 Å². The summed E-state index contributed by atoms with van der Waals surface area (Å²) >= 11 is 0. The van der Waals surface area contributed by atoms with Crippen LogP contribution in [0.2, 0.25) is 0 Å². The van der Waals surface area contributed by atoms with E-state index >= 15 is 0 Å². The first-order valence-electron chi connectivity index (χ1n) is 10.1. The molecule has 1 aromatic carbocycles. The summed E-state index contributed by atoms with van der Waals surface area (Å²) in [5.74, 6) is 0. The van der Waals surface area contributed by atoms with Gasteiger partial charge in [0.2, 0.25) is 0 Å². The Morgan fingerprint density at radius 3 is 2.46 bits per heavy atom. The molecule has 6 nitrogen and oxygen atoms in total. The van der Waals surface area contributed by atoms with E-state index < -0.39 is 0 Å². The van der Waals surface area contributed by atoms with Gasteiger partial charge in [0, 0.05) is 63.4 Å². The van der Waals surface area contributed by atoms with Crippen LogP contribution in [0.3, 0.4) is 0 Å². The van der Waals surface area contributed by atoms with Crippen LogP contribution in [0.25, 0.3) is 0 Å². The average Bonchev–Trinajstić information content (AvgIpc) is 2.72. The first-order valence-corrected chi connectivity index (χ1v) is 10.1. The zero-order valence-electron chi connectivity index (χ0n) is 17.2. The topological polar surface area (TPSA) is 51.7 Å². The number of hydrogen-bond donors (Lipinski definition) is 1. The number of pyridine rings is 1. The highest BCUT2D eigenvalue weighted by molar-refractivity contribution is 5.90. The van der Waals surface area contributed by atoms with Gasteiger partial charge in [0.05, 0.1) is 5.69 Å². The van der Waals surface area contributed by atoms with Crippen molar-refractivity contribution in [2.75, 3.05) is 49.5 Å². The van der Waals surface area contributed by atoms with E-state index in [1.807, 2.05) is 42.3 Å². The molecule has 0 bridgehead atoms. The molecule has 2 aromatic rings. The number of hydrogen-bond acceptors (Lipinski definition) is 4. The number of carbonyl (C=O) groups is 1. The molecule has 3 rings (SSSR count). The Labute approximate surface area is 168 Å². The lowest BCUT2D eigenvalue weighted by atomic mass is 10.1. The fraction of sp³-hybridized carbons (Fsp3) is 0.455. The van der Waals surface area contributed by atoms with Crippen LogP contribution in [0.1, 0.15) is 25.1 Å². The molecule has 1 N–H and O–H groups in total. The quantitative estimate of drug-likeness (QED) is 0.831. The Hall–Kier alpha value is -2.60. The number of carbonyl (C=O) groups excluding carboxylic acids is 1. The van der Waals surface area contributed by atoms with Gasteiger partial charge >= 0.3 is 6.03 Å². The lowest BCUT2D eigenvalue weighted by Crippen LogP contribution is -2.49. The normalized spacial score (nSPS) is 14.8. The van der Waals surface area contributed by atoms with Crippen LogP contribution >= 0.6 is 0 Å². The fourth-order valence-electron chi connectivity index (χ4n) is 3.60. The zero-order valence-corrected chi connectivity index (χ0v) is 17.2. The Balaban J connectivity index is 1.53. The minimum atomic E-state index is -0.0174. The second-order valence-corrected chi connectivity index (χ2v) is 7.19. The first kappa shape index (κ1) is 20.1. The number of rotatable bonds is 6. The van der Waals surface area contributed by atoms with Crippen molar-refractivity contribution in [3.05, 3.63) is 53.9 Å². The third kappa shape index (κ3) is 5.01. The molecule has 1 aliphatic rings. The third-order valence-electron chi connectivity index (χ3n) is 5.35. The number of nitrogens with one attached hydrogen (secondary N) is 1. The molecule has 28 heavy (non-hydrogen) atoms. The van der Waals surface area contributed by atoms with Crippen LogP contribution in [0.15, 0.2) is 42.6 Å². The van der Waals surface area contributed by atoms with Gasteiger partial charge in [-0.2, -0.15) is 0 Å². The highest BCUT2D eigenvalue weighted by Gasteiger charge is 2.21. The van der Waals surface area contributed by atoms with Crippen LogP contribution in [0, 0.1) is 6.92 Å². The molecular formula is C22H31N5O. The van der Waals surface area contributed by atoms with E-state index in [0.717, 1.165) is 62.8 Å². The summed E-state index contributed by atoms with van der Waals surface area (Å²) in [5, 5.41) is 3.08. The molecule has 0 radical (unpaired) electrons. The van der Waals surface area contributed by atoms with Crippen LogP contribution in [0.5, 0.6) is 0 Å². The number of aromatic nitrogens is 1. The van der Waals surface area contributed by atoms with Crippen molar-refractivity contribution < 1.29 is 4.79 Å². The van der Waals surface area contributed by atoms with Gasteiger partial charge in [0.25, 0.3) is 0 Å². The molecular weight excluding hydrogens is 350 g/mol. The molecule has 0 spiro atoms. The maximum atomic E-state index is 12.7. The first-order chi connectivity index (χ1) is 13.6. The van der Waals surface area contributed by atoms with E-state index in [1.54, 1.807) is 0 Å². The number of benzene rings is 1. The van der Waals surface area contributed by atoms with Crippen molar-refractivity contribution in [1.82, 2.24) is 14.8 Å². The Bertz CT molecular complexity index is 768. The highest BCUT2D eigenvalue weighted by Crippen LogP contribution is 2.23. The van der Waals surface area contributed by atoms with Gasteiger partial charge in [-0.1, -0.05) is 6.07 Å². The SMILES string of the molecule is CCN(CC)c1ccc(NC(=O)N2CCN(Cc3ccccn3)CC2)c(C)c1. The molecule has 1 fully saturated rings. The molecule has 150 valence electrons. The number of urea groups is 1. The van der Waals surface area contributed by atoms with Crippen molar-refractivity contribution in [3.8, 4) is 0 Å². The van der Waals surface area contributed by atoms with E-state index in [0.29, 0.717) is 0 Å². The van der Waals surface area contributed by atoms with Crippen LogP contribution in [-0.4, -0.2) is 60.1 Å². The summed E-state index contributed by atoms with van der Waals surface area (Å²) < 4.78 is 0. The molecule has 0 aliphatic carbocycles. The van der Waals surface area contributed by atoms with E-state index in [-0.39, 0.29) is 6.03 Å². The summed E-state index contributed by atoms with van der Waals surface area (Å²) in [5.41, 5.74) is 4.25. The van der Waals surface area contributed by atoms with Gasteiger partial charge < -0.3 is 15.1 Å². The van der Waals surface area contributed by atoms with Crippen molar-refractivity contribution in [1.29, 1.82) is 0 Å². The smallest absolute Gasteiger partial charge is 0.321 e. The second kappa shape index (κ2) is 9.55. The summed E-state index contributed by atoms with van der Waals surface area (Å²) in [7, 11) is 0. The summed E-state index contributed by atoms with van der Waals surface area (Å²) in [6.07, 6.45) is 1.83. The van der Waals surface area contributed by atoms with Gasteiger partial charge in [-0.25, -0.2) is 4.79 Å². The van der Waals surface area contributed by atoms with E-state index in [4.69, 9.17) is 0 Å². The van der Waals surface area contributed by atoms with E-state index in [1.165, 1.54) is 5.69 Å². The summed E-state index contributed by atoms with van der Waals surface area (Å²) in [6, 6.07) is 12.2. The second-order valence-electron chi connectivity index (χ2n) is 7.19. The highest BCUT2D eigenvalue weighted by atomic mass is 16.2. The van der Waals surface area contributed by atoms with Gasteiger partial charge in [-0.05, 0) is 56.7 Å². The lowest BCUT2D eigenvalue weighted by Gasteiger charge is -2.34. The molecule has 1 saturated heterocycles. The lowest BCUT2D eigenvalue weighted by molar-refractivity contribution is 0.142. The molecule has 0 saturated carbocycles. The maximum Gasteiger partial charge on any atom is 0.321 e. The number of anilines is 2. The van der Waals surface area contributed by atoms with Crippen molar-refractivity contribution in [3.63, 3.8) is 0 Å². The van der Waals surface area contributed by atoms with Gasteiger partial charge in [-0.15, -0.1) is 0 Å². The van der Waals surface area contributed by atoms with Crippen LogP contribution in [-0.2, 0) is 6.54 Å². The number of piperazine rings is 1. The minimum absolute atomic E-state index is 0.0174. The monoisotopic (exact) mass is 381 g/mol. The number of amides is 2. The fourth-order valence-corrected chi connectivity index (χ4v) is 3.60. The third-order valence-corrected chi connectivity index (χ3v) is 5.35. The number of nitrogens with zero attached hydrogens (tertiary/aromatic N) is 4. The van der Waals surface area contributed by atoms with Crippen molar-refractivity contribution in [2.24, 2.45) is 0 Å². The van der Waals surface area contributed by atoms with Crippen LogP contribution in [0.4, 0.5) is 16.2 Å². The Morgan fingerprint density at radius 2 is 1.86 bits per heavy atom. The van der Waals surface area contributed by atoms with Gasteiger partial charge in [-0.3, -0.25) is 9.88 Å². The molecule has 1 aromatic heterocycles. The molecule has 2 heterocycles. The predicted molar refractivity (Wildman–Crippen MR) is 115 cm³/mol. The Morgan fingerprint density at radius 1 is 1.11 bits per heavy atom. The van der Waals surface area contributed by atoms with Gasteiger partial charge in [0.15, 0.2) is 0 Å². The Kier molecular flexibility index (Phi) is 6.87. The number of aryl methyl sites for hydroxylation is 1. The van der Waals surface area contributed by atoms with E-state index in [2.05, 4.69) is 46.1 Å². The minimum Gasteiger partial charge on any atom is -0.372 e. The summed E-state index contributed by atoms with van der Waals surface area (Å²) in [6.45, 7) is 12.3. The largest absolute Gasteiger partial charge is 0.372 e. The molecule has 1 aliphatic heterocycles. The maximum absolute atomic E-state index is 12.7. The average molecular weight is 382 g/mol. The van der Waals surface area contributed by atoms with Crippen LogP contribution < -0.4 is 10.2 Å². The predicted octanol–water partition coefficient (Wildman–Crippen LogP) is 3.59. The van der Waals surface area contributed by atoms with Gasteiger partial charge in [0.1, 0.15) is 0 Å². The van der Waals surface area contributed by atoms with Crippen molar-refractivity contribution >= 4 is 17.4 Å². The molecule has 0 atom stereocenters. The molecule has 6 heteroatoms. The van der Waals surface area contributed by atoms with Crippen molar-refractivity contribution in [2.45, 2.75) is 27.3 Å². The standard InChI is InChI=1S/C22H31N5O/c1-4-26(5-2)20-9-10-21(18(3)16-20)24-22(28)27-14-12-25(13-15-27)17-19-8-6-7-11-23-19/h6-11,16H,4-5,12-15,17H2,1-3H3,(H,24,28). The molecule has 0 unspecified atom stereocenters. The molecule has 2 amide bonds.